The van der Waals surface area contributed by atoms with Gasteiger partial charge in [0.1, 0.15) is 12.4 Å². The van der Waals surface area contributed by atoms with Crippen molar-refractivity contribution in [1.82, 2.24) is 0 Å². The van der Waals surface area contributed by atoms with Crippen LogP contribution in [0.5, 0.6) is 5.75 Å². The highest BCUT2D eigenvalue weighted by Crippen LogP contribution is 2.33. The Morgan fingerprint density at radius 3 is 2.30 bits per heavy atom. The smallest absolute Gasteiger partial charge is 0.416 e. The van der Waals surface area contributed by atoms with Crippen LogP contribution in [0.15, 0.2) is 48.5 Å². The van der Waals surface area contributed by atoms with E-state index < -0.39 is 11.7 Å². The third-order valence-corrected chi connectivity index (χ3v) is 3.19. The predicted molar refractivity (Wildman–Crippen MR) is 71.4 cm³/mol. The third kappa shape index (κ3) is 2.41. The van der Waals surface area contributed by atoms with Crippen LogP contribution in [-0.4, -0.2) is 6.61 Å². The zero-order chi connectivity index (χ0) is 14.2. The maximum atomic E-state index is 12.5. The van der Waals surface area contributed by atoms with E-state index in [1.165, 1.54) is 12.1 Å². The summed E-state index contributed by atoms with van der Waals surface area (Å²) in [4.78, 5) is 0. The highest BCUT2D eigenvalue weighted by Gasteiger charge is 2.29. The summed E-state index contributed by atoms with van der Waals surface area (Å²) in [6.07, 6.45) is -0.419. The highest BCUT2D eigenvalue weighted by atomic mass is 19.4. The molecule has 0 N–H and O–H groups in total. The molecule has 1 heterocycles. The zero-order valence-electron chi connectivity index (χ0n) is 10.4. The third-order valence-electron chi connectivity index (χ3n) is 3.19. The van der Waals surface area contributed by atoms with Gasteiger partial charge in [-0.2, -0.15) is 13.2 Å². The van der Waals surface area contributed by atoms with Crippen molar-refractivity contribution in [3.05, 3.63) is 59.7 Å². The molecule has 2 aromatic rings. The van der Waals surface area contributed by atoms with Crippen molar-refractivity contribution in [2.75, 3.05) is 6.61 Å². The fourth-order valence-corrected chi connectivity index (χ4v) is 2.14. The van der Waals surface area contributed by atoms with Gasteiger partial charge in [0, 0.05) is 5.56 Å². The molecule has 0 fully saturated rings. The van der Waals surface area contributed by atoms with Crippen LogP contribution in [0.4, 0.5) is 13.2 Å². The Morgan fingerprint density at radius 1 is 0.900 bits per heavy atom. The van der Waals surface area contributed by atoms with Crippen molar-refractivity contribution < 1.29 is 17.9 Å². The van der Waals surface area contributed by atoms with Gasteiger partial charge in [-0.3, -0.25) is 0 Å². The lowest BCUT2D eigenvalue weighted by Gasteiger charge is -2.14. The normalized spacial score (nSPS) is 13.8. The molecule has 0 amide bonds. The Labute approximate surface area is 114 Å². The monoisotopic (exact) mass is 276 g/mol. The maximum absolute atomic E-state index is 12.5. The minimum Gasteiger partial charge on any atom is -0.489 e. The van der Waals surface area contributed by atoms with E-state index in [1.807, 2.05) is 30.4 Å². The van der Waals surface area contributed by atoms with E-state index in [0.29, 0.717) is 6.61 Å². The van der Waals surface area contributed by atoms with E-state index in [9.17, 15) is 13.2 Å². The number of hydrogen-bond acceptors (Lipinski definition) is 1. The number of ether oxygens (including phenoxy) is 1. The largest absolute Gasteiger partial charge is 0.489 e. The van der Waals surface area contributed by atoms with E-state index >= 15 is 0 Å². The first-order chi connectivity index (χ1) is 9.54. The average molecular weight is 276 g/mol. The van der Waals surface area contributed by atoms with Gasteiger partial charge in [0.2, 0.25) is 0 Å². The van der Waals surface area contributed by atoms with Crippen LogP contribution in [0.1, 0.15) is 11.1 Å². The predicted octanol–water partition coefficient (Wildman–Crippen LogP) is 4.78. The van der Waals surface area contributed by atoms with E-state index in [2.05, 4.69) is 0 Å². The quantitative estimate of drug-likeness (QED) is 0.728. The summed E-state index contributed by atoms with van der Waals surface area (Å²) in [6.45, 7) is 0.517. The van der Waals surface area contributed by atoms with E-state index in [0.717, 1.165) is 34.6 Å². The van der Waals surface area contributed by atoms with Crippen LogP contribution in [0, 0.1) is 0 Å². The van der Waals surface area contributed by atoms with Gasteiger partial charge in [-0.15, -0.1) is 0 Å². The second-order valence-electron chi connectivity index (χ2n) is 4.54. The van der Waals surface area contributed by atoms with Gasteiger partial charge < -0.3 is 4.74 Å². The van der Waals surface area contributed by atoms with Crippen molar-refractivity contribution in [3.63, 3.8) is 0 Å². The fraction of sp³-hybridized carbons (Fsp3) is 0.125. The molecule has 0 radical (unpaired) electrons. The van der Waals surface area contributed by atoms with E-state index in [4.69, 9.17) is 4.74 Å². The molecule has 0 bridgehead atoms. The van der Waals surface area contributed by atoms with Gasteiger partial charge in [-0.05, 0) is 35.4 Å². The molecule has 1 nitrogen and oxygen atoms in total. The Morgan fingerprint density at radius 2 is 1.60 bits per heavy atom. The number of halogens is 3. The Kier molecular flexibility index (Phi) is 3.01. The minimum absolute atomic E-state index is 0.517. The Balaban J connectivity index is 1.95. The lowest BCUT2D eigenvalue weighted by atomic mass is 10.0. The van der Waals surface area contributed by atoms with Crippen molar-refractivity contribution >= 4 is 6.08 Å². The van der Waals surface area contributed by atoms with Crippen molar-refractivity contribution in [2.24, 2.45) is 0 Å². The van der Waals surface area contributed by atoms with Crippen LogP contribution >= 0.6 is 0 Å². The molecule has 0 saturated heterocycles. The molecule has 0 unspecified atom stereocenters. The van der Waals surface area contributed by atoms with Gasteiger partial charge in [0.15, 0.2) is 0 Å². The molecule has 0 spiro atoms. The number of fused-ring (bicyclic) bond motifs is 1. The summed E-state index contributed by atoms with van der Waals surface area (Å²) in [5.41, 5.74) is 1.91. The molecule has 102 valence electrons. The van der Waals surface area contributed by atoms with Gasteiger partial charge in [0.05, 0.1) is 5.56 Å². The SMILES string of the molecule is FC(F)(F)c1ccc(-c2ccc3c(c2)OCC=C3)cc1. The molecule has 0 saturated carbocycles. The second-order valence-corrected chi connectivity index (χ2v) is 4.54. The lowest BCUT2D eigenvalue weighted by Crippen LogP contribution is -2.04. The second kappa shape index (κ2) is 4.71. The molecular formula is C16H11F3O. The van der Waals surface area contributed by atoms with Crippen LogP contribution in [0.3, 0.4) is 0 Å². The topological polar surface area (TPSA) is 9.23 Å². The standard InChI is InChI=1S/C16H11F3O/c17-16(18,19)14-7-5-11(6-8-14)13-4-3-12-2-1-9-20-15(12)10-13/h1-8,10H,9H2. The van der Waals surface area contributed by atoms with Gasteiger partial charge in [-0.25, -0.2) is 0 Å². The number of hydrogen-bond donors (Lipinski definition) is 0. The molecular weight excluding hydrogens is 265 g/mol. The number of alkyl halides is 3. The lowest BCUT2D eigenvalue weighted by molar-refractivity contribution is -0.137. The average Bonchev–Trinajstić information content (AvgIpc) is 2.46. The molecule has 2 aromatic carbocycles. The molecule has 20 heavy (non-hydrogen) atoms. The first-order valence-electron chi connectivity index (χ1n) is 6.15. The van der Waals surface area contributed by atoms with Crippen LogP contribution in [0.2, 0.25) is 0 Å². The summed E-state index contributed by atoms with van der Waals surface area (Å²) < 4.78 is 43.1. The summed E-state index contributed by atoms with van der Waals surface area (Å²) in [5.74, 6) is 0.755. The van der Waals surface area contributed by atoms with Crippen molar-refractivity contribution in [1.29, 1.82) is 0 Å². The maximum Gasteiger partial charge on any atom is 0.416 e. The highest BCUT2D eigenvalue weighted by molar-refractivity contribution is 5.70. The first kappa shape index (κ1) is 12.8. The summed E-state index contributed by atoms with van der Waals surface area (Å²) in [5, 5.41) is 0. The van der Waals surface area contributed by atoms with Gasteiger partial charge >= 0.3 is 6.18 Å². The zero-order valence-corrected chi connectivity index (χ0v) is 10.4. The van der Waals surface area contributed by atoms with Crippen LogP contribution < -0.4 is 4.74 Å². The molecule has 1 aliphatic heterocycles. The van der Waals surface area contributed by atoms with Crippen LogP contribution in [-0.2, 0) is 6.18 Å². The summed E-state index contributed by atoms with van der Waals surface area (Å²) >= 11 is 0. The van der Waals surface area contributed by atoms with E-state index in [-0.39, 0.29) is 0 Å². The Hall–Kier alpha value is -2.23. The first-order valence-corrected chi connectivity index (χ1v) is 6.15. The van der Waals surface area contributed by atoms with Crippen LogP contribution in [0.25, 0.3) is 17.2 Å². The van der Waals surface area contributed by atoms with Crippen molar-refractivity contribution in [3.8, 4) is 16.9 Å². The fourth-order valence-electron chi connectivity index (χ4n) is 2.14. The van der Waals surface area contributed by atoms with E-state index in [1.54, 1.807) is 0 Å². The van der Waals surface area contributed by atoms with Crippen molar-refractivity contribution in [2.45, 2.75) is 6.18 Å². The molecule has 1 aliphatic rings. The molecule has 0 atom stereocenters. The summed E-state index contributed by atoms with van der Waals surface area (Å²) in [7, 11) is 0. The molecule has 0 aliphatic carbocycles. The van der Waals surface area contributed by atoms with Gasteiger partial charge in [-0.1, -0.05) is 30.3 Å². The minimum atomic E-state index is -4.30. The molecule has 4 heteroatoms. The number of rotatable bonds is 1. The van der Waals surface area contributed by atoms with Gasteiger partial charge in [0.25, 0.3) is 0 Å². The molecule has 3 rings (SSSR count). The number of benzene rings is 2. The molecule has 0 aromatic heterocycles. The Bertz CT molecular complexity index is 654. The summed E-state index contributed by atoms with van der Waals surface area (Å²) in [6, 6.07) is 10.8.